The van der Waals surface area contributed by atoms with Gasteiger partial charge in [-0.3, -0.25) is 14.5 Å². The maximum atomic E-state index is 12.8. The highest BCUT2D eigenvalue weighted by Crippen LogP contribution is 2.31. The standard InChI is InChI=1S/C21H29Cl2N3O2/c1-2-9-24-20(27)19(15-5-3-4-6-15)25-10-12-26(13-11-25)21(28)16-7-8-17(22)18(23)14-16/h7-8,14-15,19H,2-6,9-13H2,1H3,(H,24,27)/t19-/m0/s1. The average Bonchev–Trinajstić information content (AvgIpc) is 3.23. The van der Waals surface area contributed by atoms with Gasteiger partial charge in [0.2, 0.25) is 5.91 Å². The van der Waals surface area contributed by atoms with Crippen molar-refractivity contribution in [1.29, 1.82) is 0 Å². The van der Waals surface area contributed by atoms with Crippen LogP contribution in [0.1, 0.15) is 49.4 Å². The Bertz CT molecular complexity index is 699. The molecule has 1 aromatic carbocycles. The van der Waals surface area contributed by atoms with Crippen molar-refractivity contribution >= 4 is 35.0 Å². The zero-order chi connectivity index (χ0) is 20.1. The maximum absolute atomic E-state index is 12.8. The van der Waals surface area contributed by atoms with Gasteiger partial charge in [0, 0.05) is 38.3 Å². The van der Waals surface area contributed by atoms with Crippen LogP contribution in [-0.2, 0) is 4.79 Å². The van der Waals surface area contributed by atoms with Crippen molar-refractivity contribution in [3.8, 4) is 0 Å². The lowest BCUT2D eigenvalue weighted by atomic mass is 9.95. The molecule has 1 atom stereocenters. The van der Waals surface area contributed by atoms with E-state index in [4.69, 9.17) is 23.2 Å². The predicted molar refractivity (Wildman–Crippen MR) is 113 cm³/mol. The molecule has 154 valence electrons. The summed E-state index contributed by atoms with van der Waals surface area (Å²) in [5.41, 5.74) is 0.552. The fraction of sp³-hybridized carbons (Fsp3) is 0.619. The number of hydrogen-bond donors (Lipinski definition) is 1. The molecular formula is C21H29Cl2N3O2. The molecule has 1 aliphatic heterocycles. The molecule has 28 heavy (non-hydrogen) atoms. The number of amides is 2. The van der Waals surface area contributed by atoms with Crippen LogP contribution in [0.2, 0.25) is 10.0 Å². The molecule has 0 aromatic heterocycles. The molecule has 1 saturated carbocycles. The summed E-state index contributed by atoms with van der Waals surface area (Å²) in [6, 6.07) is 4.92. The van der Waals surface area contributed by atoms with E-state index in [0.717, 1.165) is 25.8 Å². The van der Waals surface area contributed by atoms with Gasteiger partial charge in [-0.05, 0) is 43.4 Å². The fourth-order valence-electron chi connectivity index (χ4n) is 4.32. The molecule has 2 fully saturated rings. The lowest BCUT2D eigenvalue weighted by Crippen LogP contribution is -2.58. The quantitative estimate of drug-likeness (QED) is 0.752. The van der Waals surface area contributed by atoms with E-state index in [1.165, 1.54) is 12.8 Å². The van der Waals surface area contributed by atoms with Gasteiger partial charge in [-0.15, -0.1) is 0 Å². The first-order chi connectivity index (χ1) is 13.5. The summed E-state index contributed by atoms with van der Waals surface area (Å²) in [6.07, 6.45) is 5.59. The largest absolute Gasteiger partial charge is 0.355 e. The highest BCUT2D eigenvalue weighted by atomic mass is 35.5. The monoisotopic (exact) mass is 425 g/mol. The van der Waals surface area contributed by atoms with Crippen LogP contribution >= 0.6 is 23.2 Å². The number of rotatable bonds is 6. The number of nitrogens with zero attached hydrogens (tertiary/aromatic N) is 2. The second-order valence-electron chi connectivity index (χ2n) is 7.74. The van der Waals surface area contributed by atoms with Crippen LogP contribution in [0.25, 0.3) is 0 Å². The Hall–Kier alpha value is -1.30. The van der Waals surface area contributed by atoms with E-state index >= 15 is 0 Å². The van der Waals surface area contributed by atoms with Crippen molar-refractivity contribution in [2.24, 2.45) is 5.92 Å². The van der Waals surface area contributed by atoms with Crippen molar-refractivity contribution in [2.75, 3.05) is 32.7 Å². The van der Waals surface area contributed by atoms with E-state index in [2.05, 4.69) is 17.1 Å². The minimum atomic E-state index is -0.0729. The van der Waals surface area contributed by atoms with Gasteiger partial charge < -0.3 is 10.2 Å². The number of hydrogen-bond acceptors (Lipinski definition) is 3. The first-order valence-corrected chi connectivity index (χ1v) is 11.0. The molecule has 1 heterocycles. The summed E-state index contributed by atoms with van der Waals surface area (Å²) >= 11 is 12.0. The molecule has 1 aliphatic carbocycles. The van der Waals surface area contributed by atoms with Crippen molar-refractivity contribution in [2.45, 2.75) is 45.1 Å². The molecule has 2 amide bonds. The summed E-state index contributed by atoms with van der Waals surface area (Å²) in [4.78, 5) is 29.7. The number of nitrogens with one attached hydrogen (secondary N) is 1. The maximum Gasteiger partial charge on any atom is 0.253 e. The summed E-state index contributed by atoms with van der Waals surface area (Å²) in [5, 5.41) is 3.92. The molecule has 0 unspecified atom stereocenters. The topological polar surface area (TPSA) is 52.7 Å². The zero-order valence-electron chi connectivity index (χ0n) is 16.4. The minimum Gasteiger partial charge on any atom is -0.355 e. The molecular weight excluding hydrogens is 397 g/mol. The molecule has 5 nitrogen and oxygen atoms in total. The molecule has 7 heteroatoms. The van der Waals surface area contributed by atoms with Crippen molar-refractivity contribution in [3.63, 3.8) is 0 Å². The highest BCUT2D eigenvalue weighted by Gasteiger charge is 2.37. The van der Waals surface area contributed by atoms with Gasteiger partial charge >= 0.3 is 0 Å². The average molecular weight is 426 g/mol. The second-order valence-corrected chi connectivity index (χ2v) is 8.55. The van der Waals surface area contributed by atoms with E-state index in [0.29, 0.717) is 47.7 Å². The Morgan fingerprint density at radius 3 is 2.39 bits per heavy atom. The third kappa shape index (κ3) is 5.00. The van der Waals surface area contributed by atoms with Crippen LogP contribution in [0.4, 0.5) is 0 Å². The summed E-state index contributed by atoms with van der Waals surface area (Å²) in [6.45, 7) is 5.45. The van der Waals surface area contributed by atoms with Gasteiger partial charge in [0.1, 0.15) is 0 Å². The molecule has 0 radical (unpaired) electrons. The van der Waals surface area contributed by atoms with Crippen LogP contribution in [0, 0.1) is 5.92 Å². The van der Waals surface area contributed by atoms with Crippen LogP contribution in [0.3, 0.4) is 0 Å². The van der Waals surface area contributed by atoms with Crippen molar-refractivity contribution in [1.82, 2.24) is 15.1 Å². The lowest BCUT2D eigenvalue weighted by Gasteiger charge is -2.40. The Morgan fingerprint density at radius 1 is 1.11 bits per heavy atom. The Morgan fingerprint density at radius 2 is 1.79 bits per heavy atom. The van der Waals surface area contributed by atoms with Crippen molar-refractivity contribution in [3.05, 3.63) is 33.8 Å². The van der Waals surface area contributed by atoms with Crippen molar-refractivity contribution < 1.29 is 9.59 Å². The van der Waals surface area contributed by atoms with E-state index in [1.807, 2.05) is 4.90 Å². The SMILES string of the molecule is CCCNC(=O)[C@H](C1CCCC1)N1CCN(C(=O)c2ccc(Cl)c(Cl)c2)CC1. The molecule has 2 aliphatic rings. The van der Waals surface area contributed by atoms with Gasteiger partial charge in [-0.25, -0.2) is 0 Å². The van der Waals surface area contributed by atoms with Crippen LogP contribution in [0.15, 0.2) is 18.2 Å². The molecule has 1 N–H and O–H groups in total. The molecule has 3 rings (SSSR count). The van der Waals surface area contributed by atoms with E-state index < -0.39 is 0 Å². The first-order valence-electron chi connectivity index (χ1n) is 10.3. The third-order valence-corrected chi connectivity index (χ3v) is 6.56. The van der Waals surface area contributed by atoms with E-state index in [9.17, 15) is 9.59 Å². The van der Waals surface area contributed by atoms with E-state index in [-0.39, 0.29) is 17.9 Å². The lowest BCUT2D eigenvalue weighted by molar-refractivity contribution is -0.129. The summed E-state index contributed by atoms with van der Waals surface area (Å²) in [5.74, 6) is 0.540. The number of piperazine rings is 1. The molecule has 1 saturated heterocycles. The van der Waals surface area contributed by atoms with E-state index in [1.54, 1.807) is 18.2 Å². The van der Waals surface area contributed by atoms with Gasteiger partial charge in [-0.1, -0.05) is 43.0 Å². The smallest absolute Gasteiger partial charge is 0.253 e. The van der Waals surface area contributed by atoms with Gasteiger partial charge in [0.15, 0.2) is 0 Å². The van der Waals surface area contributed by atoms with Crippen LogP contribution in [-0.4, -0.2) is 60.4 Å². The number of benzene rings is 1. The summed E-state index contributed by atoms with van der Waals surface area (Å²) < 4.78 is 0. The highest BCUT2D eigenvalue weighted by molar-refractivity contribution is 6.42. The molecule has 0 bridgehead atoms. The van der Waals surface area contributed by atoms with Gasteiger partial charge in [0.05, 0.1) is 16.1 Å². The number of carbonyl (C=O) groups excluding carboxylic acids is 2. The fourth-order valence-corrected chi connectivity index (χ4v) is 4.62. The van der Waals surface area contributed by atoms with Gasteiger partial charge in [-0.2, -0.15) is 0 Å². The van der Waals surface area contributed by atoms with Crippen LogP contribution < -0.4 is 5.32 Å². The van der Waals surface area contributed by atoms with Gasteiger partial charge in [0.25, 0.3) is 5.91 Å². The zero-order valence-corrected chi connectivity index (χ0v) is 17.9. The summed E-state index contributed by atoms with van der Waals surface area (Å²) in [7, 11) is 0. The molecule has 1 aromatic rings. The number of carbonyl (C=O) groups is 2. The van der Waals surface area contributed by atoms with Crippen LogP contribution in [0.5, 0.6) is 0 Å². The Labute approximate surface area is 177 Å². The first kappa shape index (κ1) is 21.4. The normalized spacial score (nSPS) is 19.6. The third-order valence-electron chi connectivity index (χ3n) is 5.83. The second kappa shape index (κ2) is 9.95. The predicted octanol–water partition coefficient (Wildman–Crippen LogP) is 3.84. The molecule has 0 spiro atoms. The number of halogens is 2. The Kier molecular flexibility index (Phi) is 7.61. The minimum absolute atomic E-state index is 0.0360. The Balaban J connectivity index is 1.63.